The van der Waals surface area contributed by atoms with Crippen LogP contribution < -0.4 is 0 Å². The van der Waals surface area contributed by atoms with Crippen molar-refractivity contribution in [3.8, 4) is 0 Å². The Kier molecular flexibility index (Phi) is 2.12. The molecule has 64 valence electrons. The third-order valence-corrected chi connectivity index (χ3v) is 1.95. The molecule has 7 heteroatoms. The van der Waals surface area contributed by atoms with Crippen LogP contribution in [-0.2, 0) is 28.3 Å². The fourth-order valence-electron chi connectivity index (χ4n) is 0.582. The summed E-state index contributed by atoms with van der Waals surface area (Å²) in [5, 5.41) is 0. The molecule has 1 fully saturated rings. The molecule has 0 unspecified atom stereocenters. The van der Waals surface area contributed by atoms with Crippen molar-refractivity contribution < 1.29 is 26.3 Å². The van der Waals surface area contributed by atoms with Crippen molar-refractivity contribution in [3.63, 3.8) is 0 Å². The molecule has 1 heterocycles. The molecular formula is C4H6O6S. The lowest BCUT2D eigenvalue weighted by Crippen LogP contribution is -2.24. The molecule has 1 aliphatic heterocycles. The number of hydrogen-bond donors (Lipinski definition) is 0. The molecule has 0 aromatic carbocycles. The Morgan fingerprint density at radius 2 is 2.27 bits per heavy atom. The number of carbonyl (C=O) groups is 1. The fraction of sp³-hybridized carbons (Fsp3) is 0.750. The van der Waals surface area contributed by atoms with E-state index in [4.69, 9.17) is 0 Å². The van der Waals surface area contributed by atoms with Crippen LogP contribution in [0.3, 0.4) is 0 Å². The summed E-state index contributed by atoms with van der Waals surface area (Å²) in [7, 11) is -2.82. The first kappa shape index (κ1) is 8.44. The highest BCUT2D eigenvalue weighted by molar-refractivity contribution is 7.82. The van der Waals surface area contributed by atoms with Gasteiger partial charge in [-0.1, -0.05) is 0 Å². The van der Waals surface area contributed by atoms with Gasteiger partial charge in [0, 0.05) is 0 Å². The highest BCUT2D eigenvalue weighted by atomic mass is 32.3. The van der Waals surface area contributed by atoms with E-state index in [2.05, 4.69) is 13.1 Å². The standard InChI is InChI=1S/C4H6O6S/c1-8-4(5)3-2-9-11(6,7)10-3/h3H,2H2,1H3/t3-/m1/s1. The zero-order valence-corrected chi connectivity index (χ0v) is 6.46. The van der Waals surface area contributed by atoms with Gasteiger partial charge in [-0.25, -0.2) is 13.2 Å². The average molecular weight is 182 g/mol. The minimum atomic E-state index is -3.95. The first-order valence-corrected chi connectivity index (χ1v) is 4.04. The Labute approximate surface area is 63.4 Å². The van der Waals surface area contributed by atoms with Crippen molar-refractivity contribution in [2.75, 3.05) is 13.7 Å². The molecule has 1 saturated heterocycles. The predicted octanol–water partition coefficient (Wildman–Crippen LogP) is -1.18. The smallest absolute Gasteiger partial charge is 0.400 e. The van der Waals surface area contributed by atoms with Crippen LogP contribution in [0, 0.1) is 0 Å². The van der Waals surface area contributed by atoms with Gasteiger partial charge in [0.2, 0.25) is 6.10 Å². The second kappa shape index (κ2) is 2.76. The molecule has 1 aliphatic rings. The van der Waals surface area contributed by atoms with Crippen LogP contribution in [0.1, 0.15) is 0 Å². The van der Waals surface area contributed by atoms with Gasteiger partial charge in [0.25, 0.3) is 0 Å². The van der Waals surface area contributed by atoms with Gasteiger partial charge in [-0.3, -0.25) is 0 Å². The van der Waals surface area contributed by atoms with Crippen LogP contribution in [-0.4, -0.2) is 34.2 Å². The number of hydrogen-bond acceptors (Lipinski definition) is 6. The molecule has 1 atom stereocenters. The van der Waals surface area contributed by atoms with Crippen LogP contribution in [0.15, 0.2) is 0 Å². The Bertz CT molecular complexity index is 254. The average Bonchev–Trinajstić information content (AvgIpc) is 2.29. The Hall–Kier alpha value is -0.660. The van der Waals surface area contributed by atoms with Gasteiger partial charge in [-0.2, -0.15) is 8.42 Å². The molecule has 11 heavy (non-hydrogen) atoms. The number of esters is 1. The zero-order chi connectivity index (χ0) is 8.48. The van der Waals surface area contributed by atoms with E-state index in [1.165, 1.54) is 0 Å². The molecular weight excluding hydrogens is 176 g/mol. The molecule has 0 bridgehead atoms. The first-order chi connectivity index (χ1) is 5.05. The van der Waals surface area contributed by atoms with E-state index in [9.17, 15) is 13.2 Å². The maximum atomic E-state index is 10.6. The Morgan fingerprint density at radius 1 is 1.64 bits per heavy atom. The molecule has 0 aliphatic carbocycles. The van der Waals surface area contributed by atoms with Crippen molar-refractivity contribution in [1.82, 2.24) is 0 Å². The molecule has 0 aromatic rings. The van der Waals surface area contributed by atoms with Crippen molar-refractivity contribution >= 4 is 16.4 Å². The molecule has 0 radical (unpaired) electrons. The number of ether oxygens (including phenoxy) is 1. The topological polar surface area (TPSA) is 78.9 Å². The van der Waals surface area contributed by atoms with Gasteiger partial charge in [-0.15, -0.1) is 0 Å². The van der Waals surface area contributed by atoms with Crippen molar-refractivity contribution in [2.45, 2.75) is 6.10 Å². The lowest BCUT2D eigenvalue weighted by molar-refractivity contribution is -0.147. The second-order valence-corrected chi connectivity index (χ2v) is 3.05. The third kappa shape index (κ3) is 1.88. The van der Waals surface area contributed by atoms with E-state index < -0.39 is 22.5 Å². The molecule has 0 aromatic heterocycles. The quantitative estimate of drug-likeness (QED) is 0.475. The summed E-state index contributed by atoms with van der Waals surface area (Å²) < 4.78 is 33.3. The Morgan fingerprint density at radius 3 is 2.64 bits per heavy atom. The summed E-state index contributed by atoms with van der Waals surface area (Å²) in [6.07, 6.45) is -1.15. The molecule has 0 N–H and O–H groups in total. The highest BCUT2D eigenvalue weighted by Gasteiger charge is 2.35. The lowest BCUT2D eigenvalue weighted by atomic mass is 10.4. The van der Waals surface area contributed by atoms with Crippen molar-refractivity contribution in [1.29, 1.82) is 0 Å². The summed E-state index contributed by atoms with van der Waals surface area (Å²) in [5.41, 5.74) is 0. The van der Waals surface area contributed by atoms with Gasteiger partial charge in [0.15, 0.2) is 0 Å². The van der Waals surface area contributed by atoms with Crippen LogP contribution in [0.25, 0.3) is 0 Å². The van der Waals surface area contributed by atoms with Crippen LogP contribution >= 0.6 is 0 Å². The normalized spacial score (nSPS) is 28.3. The van der Waals surface area contributed by atoms with Crippen molar-refractivity contribution in [3.05, 3.63) is 0 Å². The number of carbonyl (C=O) groups excluding carboxylic acids is 1. The fourth-order valence-corrected chi connectivity index (χ4v) is 1.35. The second-order valence-electron chi connectivity index (χ2n) is 1.80. The van der Waals surface area contributed by atoms with Crippen LogP contribution in [0.5, 0.6) is 0 Å². The highest BCUT2D eigenvalue weighted by Crippen LogP contribution is 2.13. The van der Waals surface area contributed by atoms with Gasteiger partial charge in [0.1, 0.15) is 6.61 Å². The minimum absolute atomic E-state index is 0.311. The molecule has 0 saturated carbocycles. The maximum Gasteiger partial charge on any atom is 0.400 e. The maximum absolute atomic E-state index is 10.6. The van der Waals surface area contributed by atoms with Gasteiger partial charge < -0.3 is 4.74 Å². The van der Waals surface area contributed by atoms with Gasteiger partial charge >= 0.3 is 16.4 Å². The van der Waals surface area contributed by atoms with E-state index in [-0.39, 0.29) is 6.61 Å². The van der Waals surface area contributed by atoms with E-state index in [1.54, 1.807) is 0 Å². The van der Waals surface area contributed by atoms with Gasteiger partial charge in [0.05, 0.1) is 7.11 Å². The van der Waals surface area contributed by atoms with E-state index >= 15 is 0 Å². The summed E-state index contributed by atoms with van der Waals surface area (Å²) in [4.78, 5) is 10.6. The summed E-state index contributed by atoms with van der Waals surface area (Å²) >= 11 is 0. The number of methoxy groups -OCH3 is 1. The van der Waals surface area contributed by atoms with E-state index in [0.29, 0.717) is 0 Å². The summed E-state index contributed by atoms with van der Waals surface area (Å²) in [6, 6.07) is 0. The minimum Gasteiger partial charge on any atom is -0.467 e. The third-order valence-electron chi connectivity index (χ3n) is 1.06. The van der Waals surface area contributed by atoms with Gasteiger partial charge in [-0.05, 0) is 0 Å². The van der Waals surface area contributed by atoms with E-state index in [1.807, 2.05) is 0 Å². The largest absolute Gasteiger partial charge is 0.467 e. The van der Waals surface area contributed by atoms with E-state index in [0.717, 1.165) is 7.11 Å². The predicted molar refractivity (Wildman–Crippen MR) is 31.8 cm³/mol. The van der Waals surface area contributed by atoms with Crippen molar-refractivity contribution in [2.24, 2.45) is 0 Å². The Balaban J connectivity index is 2.62. The molecule has 0 spiro atoms. The van der Waals surface area contributed by atoms with Crippen LogP contribution in [0.2, 0.25) is 0 Å². The first-order valence-electron chi connectivity index (χ1n) is 2.70. The molecule has 0 amide bonds. The molecule has 1 rings (SSSR count). The zero-order valence-electron chi connectivity index (χ0n) is 5.64. The van der Waals surface area contributed by atoms with Crippen LogP contribution in [0.4, 0.5) is 0 Å². The number of rotatable bonds is 1. The monoisotopic (exact) mass is 182 g/mol. The SMILES string of the molecule is COC(=O)[C@H]1COS(=O)(=O)O1. The summed E-state index contributed by atoms with van der Waals surface area (Å²) in [5.74, 6) is -0.758. The molecule has 6 nitrogen and oxygen atoms in total. The lowest BCUT2D eigenvalue weighted by Gasteiger charge is -2.00. The summed E-state index contributed by atoms with van der Waals surface area (Å²) in [6.45, 7) is -0.311.